The van der Waals surface area contributed by atoms with Crippen LogP contribution in [0.2, 0.25) is 5.15 Å². The number of nitrogens with zero attached hydrogens (tertiary/aromatic N) is 3. The Labute approximate surface area is 122 Å². The number of hydrogen-bond donors (Lipinski definition) is 1. The van der Waals surface area contributed by atoms with E-state index in [0.29, 0.717) is 11.7 Å². The molecule has 2 aromatic rings. The first-order valence-corrected chi connectivity index (χ1v) is 7.42. The van der Waals surface area contributed by atoms with Crippen molar-refractivity contribution < 1.29 is 0 Å². The second-order valence-electron chi connectivity index (χ2n) is 4.71. The second-order valence-corrected chi connectivity index (χ2v) is 6.13. The molecule has 1 N–H and O–H groups in total. The number of nitrogens with one attached hydrogen (secondary N) is 1. The summed E-state index contributed by atoms with van der Waals surface area (Å²) < 4.78 is 0. The van der Waals surface area contributed by atoms with Gasteiger partial charge in [-0.25, -0.2) is 15.0 Å². The van der Waals surface area contributed by atoms with Crippen LogP contribution >= 0.6 is 22.9 Å². The Bertz CT molecular complexity index is 580. The van der Waals surface area contributed by atoms with Gasteiger partial charge in [0.15, 0.2) is 0 Å². The zero-order valence-electron chi connectivity index (χ0n) is 11.5. The number of aromatic nitrogens is 3. The van der Waals surface area contributed by atoms with Crippen molar-refractivity contribution in [3.8, 4) is 0 Å². The molecule has 0 aliphatic heterocycles. The Morgan fingerprint density at radius 3 is 2.58 bits per heavy atom. The fraction of sp³-hybridized carbons (Fsp3) is 0.462. The highest BCUT2D eigenvalue weighted by Gasteiger charge is 2.11. The Hall–Kier alpha value is -1.20. The topological polar surface area (TPSA) is 50.7 Å². The van der Waals surface area contributed by atoms with Gasteiger partial charge in [0, 0.05) is 16.9 Å². The lowest BCUT2D eigenvalue weighted by Crippen LogP contribution is -2.08. The zero-order valence-corrected chi connectivity index (χ0v) is 13.1. The first-order valence-electron chi connectivity index (χ1n) is 6.16. The van der Waals surface area contributed by atoms with Gasteiger partial charge in [0.05, 0.1) is 17.2 Å². The van der Waals surface area contributed by atoms with Crippen LogP contribution in [0.15, 0.2) is 5.38 Å². The predicted octanol–water partition coefficient (Wildman–Crippen LogP) is 3.94. The van der Waals surface area contributed by atoms with Gasteiger partial charge in [0.2, 0.25) is 0 Å². The molecule has 4 nitrogen and oxygen atoms in total. The van der Waals surface area contributed by atoms with E-state index in [1.807, 2.05) is 19.2 Å². The van der Waals surface area contributed by atoms with E-state index in [-0.39, 0.29) is 5.92 Å². The Morgan fingerprint density at radius 1 is 1.26 bits per heavy atom. The van der Waals surface area contributed by atoms with E-state index in [9.17, 15) is 0 Å². The smallest absolute Gasteiger partial charge is 0.137 e. The van der Waals surface area contributed by atoms with Crippen molar-refractivity contribution in [3.05, 3.63) is 32.6 Å². The molecule has 0 aliphatic carbocycles. The van der Waals surface area contributed by atoms with E-state index >= 15 is 0 Å². The van der Waals surface area contributed by atoms with Gasteiger partial charge < -0.3 is 5.32 Å². The molecule has 6 heteroatoms. The van der Waals surface area contributed by atoms with E-state index < -0.39 is 0 Å². The summed E-state index contributed by atoms with van der Waals surface area (Å²) in [6.07, 6.45) is 0. The van der Waals surface area contributed by atoms with Crippen molar-refractivity contribution in [2.45, 2.75) is 40.2 Å². The molecule has 2 heterocycles. The standard InChI is InChI=1S/C13H17ClN4S/c1-7(2)12-17-11(14)8(3)13(18-12)15-5-10-6-19-9(4)16-10/h6-7H,5H2,1-4H3,(H,15,17,18). The number of thiazole rings is 1. The minimum atomic E-state index is 0.250. The van der Waals surface area contributed by atoms with Crippen molar-refractivity contribution in [2.75, 3.05) is 5.32 Å². The van der Waals surface area contributed by atoms with Gasteiger partial charge in [-0.15, -0.1) is 11.3 Å². The van der Waals surface area contributed by atoms with Gasteiger partial charge in [-0.2, -0.15) is 0 Å². The summed E-state index contributed by atoms with van der Waals surface area (Å²) in [7, 11) is 0. The Kier molecular flexibility index (Phi) is 4.37. The average Bonchev–Trinajstić information content (AvgIpc) is 2.76. The van der Waals surface area contributed by atoms with Crippen LogP contribution in [0.4, 0.5) is 5.82 Å². The first kappa shape index (κ1) is 14.2. The number of halogens is 1. The molecular weight excluding hydrogens is 280 g/mol. The molecule has 0 bridgehead atoms. The summed E-state index contributed by atoms with van der Waals surface area (Å²) in [6.45, 7) is 8.66. The normalized spacial score (nSPS) is 11.1. The average molecular weight is 297 g/mol. The molecule has 19 heavy (non-hydrogen) atoms. The summed E-state index contributed by atoms with van der Waals surface area (Å²) in [5.41, 5.74) is 1.89. The quantitative estimate of drug-likeness (QED) is 0.868. The first-order chi connectivity index (χ1) is 8.97. The van der Waals surface area contributed by atoms with Crippen LogP contribution in [-0.2, 0) is 6.54 Å². The fourth-order valence-electron chi connectivity index (χ4n) is 1.60. The SMILES string of the molecule is Cc1nc(CNc2nc(C(C)C)nc(Cl)c2C)cs1. The third-order valence-electron chi connectivity index (χ3n) is 2.72. The molecule has 0 saturated heterocycles. The highest BCUT2D eigenvalue weighted by atomic mass is 35.5. The second kappa shape index (κ2) is 5.84. The fourth-order valence-corrected chi connectivity index (χ4v) is 2.39. The van der Waals surface area contributed by atoms with E-state index in [1.54, 1.807) is 11.3 Å². The molecule has 102 valence electrons. The van der Waals surface area contributed by atoms with Gasteiger partial charge in [-0.1, -0.05) is 25.4 Å². The lowest BCUT2D eigenvalue weighted by molar-refractivity contribution is 0.771. The molecule has 0 saturated carbocycles. The van der Waals surface area contributed by atoms with Gasteiger partial charge >= 0.3 is 0 Å². The van der Waals surface area contributed by atoms with E-state index in [1.165, 1.54) is 0 Å². The maximum absolute atomic E-state index is 6.14. The summed E-state index contributed by atoms with van der Waals surface area (Å²) in [5.74, 6) is 1.79. The van der Waals surface area contributed by atoms with Crippen LogP contribution in [0.3, 0.4) is 0 Å². The third kappa shape index (κ3) is 3.42. The summed E-state index contributed by atoms with van der Waals surface area (Å²) in [6, 6.07) is 0. The van der Waals surface area contributed by atoms with Gasteiger partial charge in [0.1, 0.15) is 16.8 Å². The third-order valence-corrected chi connectivity index (χ3v) is 3.91. The molecule has 2 rings (SSSR count). The van der Waals surface area contributed by atoms with Gasteiger partial charge in [-0.3, -0.25) is 0 Å². The summed E-state index contributed by atoms with van der Waals surface area (Å²) in [4.78, 5) is 13.2. The Balaban J connectivity index is 2.19. The van der Waals surface area contributed by atoms with E-state index in [4.69, 9.17) is 11.6 Å². The number of rotatable bonds is 4. The summed E-state index contributed by atoms with van der Waals surface area (Å²) >= 11 is 7.79. The molecule has 0 fully saturated rings. The van der Waals surface area contributed by atoms with E-state index in [0.717, 1.165) is 27.9 Å². The molecule has 0 amide bonds. The molecule has 0 atom stereocenters. The minimum absolute atomic E-state index is 0.250. The van der Waals surface area contributed by atoms with Gasteiger partial charge in [-0.05, 0) is 13.8 Å². The van der Waals surface area contributed by atoms with E-state index in [2.05, 4.69) is 34.1 Å². The van der Waals surface area contributed by atoms with Crippen molar-refractivity contribution >= 4 is 28.8 Å². The number of aryl methyl sites for hydroxylation is 1. The maximum Gasteiger partial charge on any atom is 0.137 e. The minimum Gasteiger partial charge on any atom is -0.364 e. The molecule has 0 radical (unpaired) electrons. The lowest BCUT2D eigenvalue weighted by Gasteiger charge is -2.12. The van der Waals surface area contributed by atoms with Crippen molar-refractivity contribution in [3.63, 3.8) is 0 Å². The number of anilines is 1. The largest absolute Gasteiger partial charge is 0.364 e. The Morgan fingerprint density at radius 2 is 2.00 bits per heavy atom. The number of hydrogen-bond acceptors (Lipinski definition) is 5. The van der Waals surface area contributed by atoms with Crippen molar-refractivity contribution in [1.29, 1.82) is 0 Å². The molecular formula is C13H17ClN4S. The van der Waals surface area contributed by atoms with Crippen LogP contribution in [0.25, 0.3) is 0 Å². The summed E-state index contributed by atoms with van der Waals surface area (Å²) in [5, 5.41) is 6.91. The molecule has 0 aromatic carbocycles. The maximum atomic E-state index is 6.14. The van der Waals surface area contributed by atoms with Crippen molar-refractivity contribution in [2.24, 2.45) is 0 Å². The van der Waals surface area contributed by atoms with Gasteiger partial charge in [0.25, 0.3) is 0 Å². The van der Waals surface area contributed by atoms with Crippen LogP contribution in [-0.4, -0.2) is 15.0 Å². The van der Waals surface area contributed by atoms with Crippen molar-refractivity contribution in [1.82, 2.24) is 15.0 Å². The molecule has 0 unspecified atom stereocenters. The zero-order chi connectivity index (χ0) is 14.0. The molecule has 2 aromatic heterocycles. The predicted molar refractivity (Wildman–Crippen MR) is 80.0 cm³/mol. The highest BCUT2D eigenvalue weighted by Crippen LogP contribution is 2.23. The lowest BCUT2D eigenvalue weighted by atomic mass is 10.2. The highest BCUT2D eigenvalue weighted by molar-refractivity contribution is 7.09. The van der Waals surface area contributed by atoms with Crippen LogP contribution in [0, 0.1) is 13.8 Å². The van der Waals surface area contributed by atoms with Crippen LogP contribution in [0.5, 0.6) is 0 Å². The monoisotopic (exact) mass is 296 g/mol. The molecule has 0 spiro atoms. The molecule has 0 aliphatic rings. The van der Waals surface area contributed by atoms with Crippen LogP contribution in [0.1, 0.15) is 41.9 Å². The van der Waals surface area contributed by atoms with Crippen LogP contribution < -0.4 is 5.32 Å².